The molecular formula is C18H27N7. The van der Waals surface area contributed by atoms with E-state index in [1.54, 1.807) is 0 Å². The first-order chi connectivity index (χ1) is 12.2. The fraction of sp³-hybridized carbons (Fsp3) is 0.611. The van der Waals surface area contributed by atoms with Gasteiger partial charge in [-0.25, -0.2) is 9.97 Å². The van der Waals surface area contributed by atoms with Gasteiger partial charge in [-0.15, -0.1) is 0 Å². The highest BCUT2D eigenvalue weighted by Crippen LogP contribution is 2.30. The van der Waals surface area contributed by atoms with Crippen molar-refractivity contribution in [2.24, 2.45) is 5.92 Å². The normalized spacial score (nSPS) is 20.4. The summed E-state index contributed by atoms with van der Waals surface area (Å²) in [6, 6.07) is 0. The van der Waals surface area contributed by atoms with Crippen LogP contribution in [0.1, 0.15) is 24.1 Å². The van der Waals surface area contributed by atoms with Crippen LogP contribution in [-0.4, -0.2) is 53.2 Å². The highest BCUT2D eigenvalue weighted by Gasteiger charge is 2.26. The molecule has 0 aliphatic carbocycles. The fourth-order valence-corrected chi connectivity index (χ4v) is 3.89. The molecule has 25 heavy (non-hydrogen) atoms. The van der Waals surface area contributed by atoms with Crippen LogP contribution in [-0.2, 0) is 19.5 Å². The minimum atomic E-state index is 0.637. The zero-order valence-corrected chi connectivity index (χ0v) is 15.1. The second-order valence-corrected chi connectivity index (χ2v) is 7.31. The van der Waals surface area contributed by atoms with Crippen LogP contribution in [0, 0.1) is 5.92 Å². The Morgan fingerprint density at radius 2 is 2.24 bits per heavy atom. The van der Waals surface area contributed by atoms with Gasteiger partial charge in [0.2, 0.25) is 5.95 Å². The Balaban J connectivity index is 1.60. The Labute approximate surface area is 149 Å². The van der Waals surface area contributed by atoms with Crippen LogP contribution >= 0.6 is 0 Å². The van der Waals surface area contributed by atoms with Gasteiger partial charge in [0.25, 0.3) is 0 Å². The SMILES string of the molecule is CN(C)c1nc2c(c(N3CCC[C@@H](Cn4ccnc4)C3)n1)CCNC2. The fourth-order valence-electron chi connectivity index (χ4n) is 3.89. The molecule has 0 radical (unpaired) electrons. The Kier molecular flexibility index (Phi) is 4.57. The van der Waals surface area contributed by atoms with E-state index >= 15 is 0 Å². The number of hydrogen-bond donors (Lipinski definition) is 1. The molecule has 0 aromatic carbocycles. The van der Waals surface area contributed by atoms with Crippen LogP contribution < -0.4 is 15.1 Å². The lowest BCUT2D eigenvalue weighted by Crippen LogP contribution is -2.39. The van der Waals surface area contributed by atoms with Crippen LogP contribution in [0.15, 0.2) is 18.7 Å². The summed E-state index contributed by atoms with van der Waals surface area (Å²) >= 11 is 0. The van der Waals surface area contributed by atoms with E-state index in [9.17, 15) is 0 Å². The zero-order chi connectivity index (χ0) is 17.2. The van der Waals surface area contributed by atoms with Crippen LogP contribution in [0.5, 0.6) is 0 Å². The average Bonchev–Trinajstić information content (AvgIpc) is 3.14. The number of hydrogen-bond acceptors (Lipinski definition) is 6. The predicted octanol–water partition coefficient (Wildman–Crippen LogP) is 1.30. The van der Waals surface area contributed by atoms with Gasteiger partial charge in [0, 0.05) is 58.2 Å². The van der Waals surface area contributed by atoms with Gasteiger partial charge >= 0.3 is 0 Å². The van der Waals surface area contributed by atoms with E-state index < -0.39 is 0 Å². The maximum absolute atomic E-state index is 4.93. The molecule has 0 saturated carbocycles. The van der Waals surface area contributed by atoms with E-state index in [-0.39, 0.29) is 0 Å². The van der Waals surface area contributed by atoms with Crippen LogP contribution in [0.3, 0.4) is 0 Å². The Bertz CT molecular complexity index is 710. The summed E-state index contributed by atoms with van der Waals surface area (Å²) in [5.74, 6) is 2.61. The number of fused-ring (bicyclic) bond motifs is 1. The first-order valence-corrected chi connectivity index (χ1v) is 9.19. The third-order valence-electron chi connectivity index (χ3n) is 5.15. The van der Waals surface area contributed by atoms with Gasteiger partial charge in [-0.2, -0.15) is 4.98 Å². The number of imidazole rings is 1. The molecule has 1 atom stereocenters. The van der Waals surface area contributed by atoms with Crippen molar-refractivity contribution in [2.75, 3.05) is 43.5 Å². The minimum Gasteiger partial charge on any atom is -0.356 e. The summed E-state index contributed by atoms with van der Waals surface area (Å²) < 4.78 is 2.19. The second-order valence-electron chi connectivity index (χ2n) is 7.31. The van der Waals surface area contributed by atoms with Gasteiger partial charge in [-0.3, -0.25) is 0 Å². The van der Waals surface area contributed by atoms with Crippen molar-refractivity contribution >= 4 is 11.8 Å². The summed E-state index contributed by atoms with van der Waals surface area (Å²) in [6.45, 7) is 5.03. The molecule has 2 aliphatic rings. The molecule has 2 aromatic heterocycles. The van der Waals surface area contributed by atoms with Crippen LogP contribution in [0.25, 0.3) is 0 Å². The molecule has 1 fully saturated rings. The molecule has 4 rings (SSSR count). The van der Waals surface area contributed by atoms with Gasteiger partial charge in [0.1, 0.15) is 5.82 Å². The van der Waals surface area contributed by atoms with Crippen molar-refractivity contribution in [1.29, 1.82) is 0 Å². The number of aromatic nitrogens is 4. The van der Waals surface area contributed by atoms with Crippen LogP contribution in [0.4, 0.5) is 11.8 Å². The molecule has 7 nitrogen and oxygen atoms in total. The zero-order valence-electron chi connectivity index (χ0n) is 15.1. The Morgan fingerprint density at radius 1 is 1.32 bits per heavy atom. The minimum absolute atomic E-state index is 0.637. The second kappa shape index (κ2) is 7.00. The number of nitrogens with one attached hydrogen (secondary N) is 1. The molecule has 134 valence electrons. The number of piperidine rings is 1. The first-order valence-electron chi connectivity index (χ1n) is 9.19. The molecule has 1 saturated heterocycles. The molecule has 2 aromatic rings. The van der Waals surface area contributed by atoms with E-state index in [4.69, 9.17) is 9.97 Å². The topological polar surface area (TPSA) is 62.1 Å². The highest BCUT2D eigenvalue weighted by molar-refractivity contribution is 5.54. The molecule has 0 amide bonds. The summed E-state index contributed by atoms with van der Waals surface area (Å²) in [5, 5.41) is 3.44. The molecule has 0 unspecified atom stereocenters. The van der Waals surface area contributed by atoms with Crippen molar-refractivity contribution < 1.29 is 0 Å². The van der Waals surface area contributed by atoms with Crippen molar-refractivity contribution in [1.82, 2.24) is 24.8 Å². The molecule has 4 heterocycles. The summed E-state index contributed by atoms with van der Waals surface area (Å²) in [7, 11) is 4.03. The highest BCUT2D eigenvalue weighted by atomic mass is 15.3. The van der Waals surface area contributed by atoms with E-state index in [2.05, 4.69) is 26.0 Å². The van der Waals surface area contributed by atoms with E-state index in [0.717, 1.165) is 56.6 Å². The molecule has 7 heteroatoms. The summed E-state index contributed by atoms with van der Waals surface area (Å²) in [5.41, 5.74) is 2.50. The van der Waals surface area contributed by atoms with Gasteiger partial charge in [-0.1, -0.05) is 0 Å². The van der Waals surface area contributed by atoms with Crippen molar-refractivity contribution in [3.05, 3.63) is 30.0 Å². The number of rotatable bonds is 4. The molecule has 1 N–H and O–H groups in total. The molecule has 0 bridgehead atoms. The maximum Gasteiger partial charge on any atom is 0.227 e. The van der Waals surface area contributed by atoms with Gasteiger partial charge in [0.05, 0.1) is 12.0 Å². The van der Waals surface area contributed by atoms with E-state index in [1.165, 1.54) is 18.4 Å². The predicted molar refractivity (Wildman–Crippen MR) is 98.9 cm³/mol. The lowest BCUT2D eigenvalue weighted by molar-refractivity contribution is 0.364. The quantitative estimate of drug-likeness (QED) is 0.904. The van der Waals surface area contributed by atoms with Crippen molar-refractivity contribution in [3.63, 3.8) is 0 Å². The summed E-state index contributed by atoms with van der Waals surface area (Å²) in [6.07, 6.45) is 9.33. The Morgan fingerprint density at radius 3 is 3.04 bits per heavy atom. The lowest BCUT2D eigenvalue weighted by Gasteiger charge is -2.36. The Hall–Kier alpha value is -2.15. The molecule has 2 aliphatic heterocycles. The largest absolute Gasteiger partial charge is 0.356 e. The van der Waals surface area contributed by atoms with Gasteiger partial charge < -0.3 is 19.7 Å². The van der Waals surface area contributed by atoms with Crippen molar-refractivity contribution in [2.45, 2.75) is 32.4 Å². The standard InChI is InChI=1S/C18H27N7/c1-23(2)18-21-16-10-19-6-5-15(16)17(22-18)25-8-3-4-14(12-25)11-24-9-7-20-13-24/h7,9,13-14,19H,3-6,8,10-12H2,1-2H3/t14-/m0/s1. The van der Waals surface area contributed by atoms with Gasteiger partial charge in [-0.05, 0) is 31.7 Å². The third kappa shape index (κ3) is 3.46. The summed E-state index contributed by atoms with van der Waals surface area (Å²) in [4.78, 5) is 18.4. The molecule has 0 spiro atoms. The number of anilines is 2. The van der Waals surface area contributed by atoms with Gasteiger partial charge in [0.15, 0.2) is 0 Å². The smallest absolute Gasteiger partial charge is 0.227 e. The lowest BCUT2D eigenvalue weighted by atomic mass is 9.96. The van der Waals surface area contributed by atoms with E-state index in [1.807, 2.05) is 31.5 Å². The van der Waals surface area contributed by atoms with Crippen molar-refractivity contribution in [3.8, 4) is 0 Å². The third-order valence-corrected chi connectivity index (χ3v) is 5.15. The van der Waals surface area contributed by atoms with Crippen LogP contribution in [0.2, 0.25) is 0 Å². The van der Waals surface area contributed by atoms with E-state index in [0.29, 0.717) is 5.92 Å². The maximum atomic E-state index is 4.93. The monoisotopic (exact) mass is 341 g/mol. The first kappa shape index (κ1) is 16.3. The number of nitrogens with zero attached hydrogens (tertiary/aromatic N) is 6. The average molecular weight is 341 g/mol. The molecular weight excluding hydrogens is 314 g/mol.